The number of rotatable bonds is 4. The van der Waals surface area contributed by atoms with Crippen LogP contribution in [0.15, 0.2) is 30.3 Å². The van der Waals surface area contributed by atoms with Crippen LogP contribution in [0.2, 0.25) is 0 Å². The van der Waals surface area contributed by atoms with Gasteiger partial charge in [0.1, 0.15) is 6.10 Å². The van der Waals surface area contributed by atoms with Crippen LogP contribution in [0.5, 0.6) is 0 Å². The minimum absolute atomic E-state index is 0.161. The number of hydrogen-bond acceptors (Lipinski definition) is 3. The van der Waals surface area contributed by atoms with E-state index in [1.54, 1.807) is 0 Å². The third kappa shape index (κ3) is 4.04. The standard InChI is InChI=1S/C23H31NO3/c25-21-16-20(22(27-21)17-10-4-1-5-11-17)23(26)24(18-12-6-2-7-13-18)19-14-8-3-9-15-19/h1,4-5,10-11,18-20,22H,2-3,6-9,12-16H2. The molecule has 1 aromatic carbocycles. The highest BCUT2D eigenvalue weighted by Crippen LogP contribution is 2.39. The lowest BCUT2D eigenvalue weighted by molar-refractivity contribution is -0.145. The Labute approximate surface area is 162 Å². The van der Waals surface area contributed by atoms with E-state index in [-0.39, 0.29) is 24.2 Å². The molecule has 2 aliphatic carbocycles. The normalized spacial score (nSPS) is 27.3. The van der Waals surface area contributed by atoms with Gasteiger partial charge in [0.2, 0.25) is 5.91 Å². The van der Waals surface area contributed by atoms with Crippen molar-refractivity contribution in [2.24, 2.45) is 5.92 Å². The zero-order valence-electron chi connectivity index (χ0n) is 16.1. The molecule has 4 rings (SSSR count). The number of carbonyl (C=O) groups excluding carboxylic acids is 2. The van der Waals surface area contributed by atoms with Crippen molar-refractivity contribution in [2.75, 3.05) is 0 Å². The molecule has 2 atom stereocenters. The first-order valence-electron chi connectivity index (χ1n) is 10.8. The molecule has 1 saturated heterocycles. The summed E-state index contributed by atoms with van der Waals surface area (Å²) in [5, 5.41) is 0. The van der Waals surface area contributed by atoms with Gasteiger partial charge < -0.3 is 9.64 Å². The molecule has 146 valence electrons. The maximum atomic E-state index is 13.8. The van der Waals surface area contributed by atoms with E-state index in [4.69, 9.17) is 4.74 Å². The maximum Gasteiger partial charge on any atom is 0.307 e. The molecule has 3 fully saturated rings. The molecule has 0 spiro atoms. The molecule has 2 saturated carbocycles. The van der Waals surface area contributed by atoms with Crippen LogP contribution in [0.1, 0.15) is 82.3 Å². The third-order valence-electron chi connectivity index (χ3n) is 6.65. The number of hydrogen-bond donors (Lipinski definition) is 0. The topological polar surface area (TPSA) is 46.6 Å². The summed E-state index contributed by atoms with van der Waals surface area (Å²) in [7, 11) is 0. The summed E-state index contributed by atoms with van der Waals surface area (Å²) in [5.74, 6) is -0.452. The quantitative estimate of drug-likeness (QED) is 0.717. The summed E-state index contributed by atoms with van der Waals surface area (Å²) in [6.07, 6.45) is 11.6. The zero-order chi connectivity index (χ0) is 18.6. The summed E-state index contributed by atoms with van der Waals surface area (Å²) in [5.41, 5.74) is 0.939. The van der Waals surface area contributed by atoms with E-state index in [1.165, 1.54) is 38.5 Å². The van der Waals surface area contributed by atoms with Gasteiger partial charge in [-0.1, -0.05) is 68.9 Å². The molecular formula is C23H31NO3. The van der Waals surface area contributed by atoms with E-state index in [9.17, 15) is 9.59 Å². The van der Waals surface area contributed by atoms with Gasteiger partial charge in [-0.2, -0.15) is 0 Å². The monoisotopic (exact) mass is 369 g/mol. The summed E-state index contributed by atoms with van der Waals surface area (Å²) < 4.78 is 5.62. The maximum absolute atomic E-state index is 13.8. The highest BCUT2D eigenvalue weighted by atomic mass is 16.6. The Balaban J connectivity index is 1.59. The van der Waals surface area contributed by atoms with E-state index in [0.717, 1.165) is 31.2 Å². The lowest BCUT2D eigenvalue weighted by Gasteiger charge is -2.43. The Kier molecular flexibility index (Phi) is 5.80. The molecule has 0 radical (unpaired) electrons. The molecule has 0 bridgehead atoms. The van der Waals surface area contributed by atoms with Crippen molar-refractivity contribution in [3.05, 3.63) is 35.9 Å². The summed E-state index contributed by atoms with van der Waals surface area (Å²) in [6, 6.07) is 10.5. The van der Waals surface area contributed by atoms with Crippen LogP contribution in [0.25, 0.3) is 0 Å². The second kappa shape index (κ2) is 8.45. The number of carbonyl (C=O) groups is 2. The number of ether oxygens (including phenoxy) is 1. The molecule has 4 nitrogen and oxygen atoms in total. The van der Waals surface area contributed by atoms with Crippen molar-refractivity contribution in [3.63, 3.8) is 0 Å². The minimum Gasteiger partial charge on any atom is -0.457 e. The molecule has 0 aromatic heterocycles. The molecule has 0 N–H and O–H groups in total. The highest BCUT2D eigenvalue weighted by Gasteiger charge is 2.45. The first kappa shape index (κ1) is 18.5. The zero-order valence-corrected chi connectivity index (χ0v) is 16.1. The van der Waals surface area contributed by atoms with Gasteiger partial charge >= 0.3 is 5.97 Å². The number of amides is 1. The lowest BCUT2D eigenvalue weighted by atomic mass is 9.86. The van der Waals surface area contributed by atoms with Crippen LogP contribution in [0.4, 0.5) is 0 Å². The van der Waals surface area contributed by atoms with Gasteiger partial charge in [-0.05, 0) is 31.2 Å². The second-order valence-electron chi connectivity index (χ2n) is 8.46. The molecule has 27 heavy (non-hydrogen) atoms. The molecule has 4 heteroatoms. The Bertz CT molecular complexity index is 629. The first-order valence-corrected chi connectivity index (χ1v) is 10.8. The van der Waals surface area contributed by atoms with E-state index in [1.807, 2.05) is 30.3 Å². The van der Waals surface area contributed by atoms with Crippen LogP contribution >= 0.6 is 0 Å². The molecule has 2 unspecified atom stereocenters. The molecule has 1 aromatic rings. The fourth-order valence-electron chi connectivity index (χ4n) is 5.29. The summed E-state index contributed by atoms with van der Waals surface area (Å²) >= 11 is 0. The number of cyclic esters (lactones) is 1. The second-order valence-corrected chi connectivity index (χ2v) is 8.46. The average molecular weight is 370 g/mol. The Morgan fingerprint density at radius 1 is 0.852 bits per heavy atom. The van der Waals surface area contributed by atoms with Crippen LogP contribution < -0.4 is 0 Å². The predicted molar refractivity (Wildman–Crippen MR) is 104 cm³/mol. The lowest BCUT2D eigenvalue weighted by Crippen LogP contribution is -2.51. The average Bonchev–Trinajstić information content (AvgIpc) is 3.12. The van der Waals surface area contributed by atoms with E-state index in [2.05, 4.69) is 4.90 Å². The van der Waals surface area contributed by atoms with Crippen molar-refractivity contribution in [3.8, 4) is 0 Å². The molecular weight excluding hydrogens is 338 g/mol. The Hall–Kier alpha value is -1.84. The van der Waals surface area contributed by atoms with Gasteiger partial charge in [-0.3, -0.25) is 9.59 Å². The van der Waals surface area contributed by atoms with Crippen molar-refractivity contribution >= 4 is 11.9 Å². The van der Waals surface area contributed by atoms with Crippen LogP contribution in [-0.4, -0.2) is 28.9 Å². The van der Waals surface area contributed by atoms with Gasteiger partial charge in [0.15, 0.2) is 0 Å². The van der Waals surface area contributed by atoms with Gasteiger partial charge in [0, 0.05) is 12.1 Å². The first-order chi connectivity index (χ1) is 13.2. The largest absolute Gasteiger partial charge is 0.457 e. The fourth-order valence-corrected chi connectivity index (χ4v) is 5.29. The van der Waals surface area contributed by atoms with Gasteiger partial charge in [0.25, 0.3) is 0 Å². The number of benzene rings is 1. The van der Waals surface area contributed by atoms with Crippen LogP contribution in [0, 0.1) is 5.92 Å². The molecule has 1 aliphatic heterocycles. The van der Waals surface area contributed by atoms with Crippen molar-refractivity contribution in [1.29, 1.82) is 0 Å². The Morgan fingerprint density at radius 2 is 1.41 bits per heavy atom. The third-order valence-corrected chi connectivity index (χ3v) is 6.65. The minimum atomic E-state index is -0.430. The van der Waals surface area contributed by atoms with Crippen molar-refractivity contribution < 1.29 is 14.3 Å². The van der Waals surface area contributed by atoms with Crippen LogP contribution in [-0.2, 0) is 14.3 Å². The predicted octanol–water partition coefficient (Wildman–Crippen LogP) is 4.78. The number of esters is 1. The SMILES string of the molecule is O=C1CC(C(=O)N(C2CCCCC2)C2CCCCC2)C(c2ccccc2)O1. The van der Waals surface area contributed by atoms with Crippen molar-refractivity contribution in [1.82, 2.24) is 4.90 Å². The van der Waals surface area contributed by atoms with E-state index in [0.29, 0.717) is 12.1 Å². The van der Waals surface area contributed by atoms with E-state index >= 15 is 0 Å². The van der Waals surface area contributed by atoms with Gasteiger partial charge in [0.05, 0.1) is 12.3 Å². The van der Waals surface area contributed by atoms with Gasteiger partial charge in [-0.15, -0.1) is 0 Å². The van der Waals surface area contributed by atoms with E-state index < -0.39 is 6.10 Å². The smallest absolute Gasteiger partial charge is 0.307 e. The summed E-state index contributed by atoms with van der Waals surface area (Å²) in [6.45, 7) is 0. The van der Waals surface area contributed by atoms with Crippen molar-refractivity contribution in [2.45, 2.75) is 88.8 Å². The van der Waals surface area contributed by atoms with Gasteiger partial charge in [-0.25, -0.2) is 0 Å². The summed E-state index contributed by atoms with van der Waals surface area (Å²) in [4.78, 5) is 28.1. The molecule has 3 aliphatic rings. The highest BCUT2D eigenvalue weighted by molar-refractivity contribution is 5.87. The Morgan fingerprint density at radius 3 is 1.96 bits per heavy atom. The number of nitrogens with zero attached hydrogens (tertiary/aromatic N) is 1. The fraction of sp³-hybridized carbons (Fsp3) is 0.652. The molecule has 1 amide bonds. The molecule has 1 heterocycles. The van der Waals surface area contributed by atoms with Crippen LogP contribution in [0.3, 0.4) is 0 Å².